The predicted molar refractivity (Wildman–Crippen MR) is 67.8 cm³/mol. The molecule has 0 unspecified atom stereocenters. The fourth-order valence-corrected chi connectivity index (χ4v) is 2.50. The van der Waals surface area contributed by atoms with E-state index in [4.69, 9.17) is 9.47 Å². The van der Waals surface area contributed by atoms with Gasteiger partial charge in [-0.3, -0.25) is 9.59 Å². The summed E-state index contributed by atoms with van der Waals surface area (Å²) in [6.07, 6.45) is -1.05. The highest BCUT2D eigenvalue weighted by atomic mass is 17.0. The molecule has 2 rings (SSSR count). The molecule has 0 spiro atoms. The van der Waals surface area contributed by atoms with Crippen LogP contribution in [0, 0.1) is 10.1 Å². The number of nitrogens with zero attached hydrogens (tertiary/aromatic N) is 1. The van der Waals surface area contributed by atoms with Gasteiger partial charge in [0.25, 0.3) is 5.09 Å². The number of ether oxygens (including phenoxy) is 2. The van der Waals surface area contributed by atoms with E-state index >= 15 is 0 Å². The number of carbonyl (C=O) groups is 2. The summed E-state index contributed by atoms with van der Waals surface area (Å²) >= 11 is 0. The van der Waals surface area contributed by atoms with Crippen LogP contribution in [0.1, 0.15) is 26.2 Å². The minimum atomic E-state index is -0.873. The molecule has 118 valence electrons. The molecule has 2 aliphatic rings. The molecule has 9 heteroatoms. The van der Waals surface area contributed by atoms with Crippen LogP contribution in [-0.4, -0.2) is 54.3 Å². The Morgan fingerprint density at radius 1 is 1.29 bits per heavy atom. The Hall–Kier alpha value is -1.74. The SMILES string of the molecule is CCC(=O)CCC(=O)N[C@@H]1CO[C@H]2[C@@H]1OC[C@@H]2O[N+](=O)[O-]. The summed E-state index contributed by atoms with van der Waals surface area (Å²) in [7, 11) is 0. The van der Waals surface area contributed by atoms with Crippen molar-refractivity contribution >= 4 is 11.7 Å². The molecular weight excluding hydrogens is 284 g/mol. The molecule has 0 aromatic rings. The average Bonchev–Trinajstić information content (AvgIpc) is 3.00. The van der Waals surface area contributed by atoms with Gasteiger partial charge < -0.3 is 19.6 Å². The molecule has 0 bridgehead atoms. The summed E-state index contributed by atoms with van der Waals surface area (Å²) in [5.74, 6) is -0.226. The van der Waals surface area contributed by atoms with Crippen molar-refractivity contribution in [1.29, 1.82) is 0 Å². The van der Waals surface area contributed by atoms with Gasteiger partial charge in [-0.05, 0) is 0 Å². The Morgan fingerprint density at radius 3 is 2.67 bits per heavy atom. The van der Waals surface area contributed by atoms with Crippen LogP contribution in [0.3, 0.4) is 0 Å². The molecule has 2 fully saturated rings. The summed E-state index contributed by atoms with van der Waals surface area (Å²) in [4.78, 5) is 37.8. The molecule has 0 saturated carbocycles. The number of ketones is 1. The largest absolute Gasteiger partial charge is 0.371 e. The second-order valence-electron chi connectivity index (χ2n) is 5.03. The maximum atomic E-state index is 11.8. The van der Waals surface area contributed by atoms with Gasteiger partial charge in [0.2, 0.25) is 5.91 Å². The van der Waals surface area contributed by atoms with Crippen molar-refractivity contribution in [1.82, 2.24) is 5.32 Å². The van der Waals surface area contributed by atoms with Crippen molar-refractivity contribution in [3.8, 4) is 0 Å². The topological polar surface area (TPSA) is 117 Å². The normalized spacial score (nSPS) is 30.7. The highest BCUT2D eigenvalue weighted by Gasteiger charge is 2.49. The molecule has 0 aliphatic carbocycles. The molecule has 1 N–H and O–H groups in total. The van der Waals surface area contributed by atoms with Crippen LogP contribution >= 0.6 is 0 Å². The minimum Gasteiger partial charge on any atom is -0.371 e. The second-order valence-corrected chi connectivity index (χ2v) is 5.03. The van der Waals surface area contributed by atoms with Crippen molar-refractivity contribution in [3.05, 3.63) is 10.1 Å². The molecule has 0 aromatic heterocycles. The number of nitrogens with one attached hydrogen (secondary N) is 1. The molecule has 0 radical (unpaired) electrons. The zero-order chi connectivity index (χ0) is 15.4. The number of carbonyl (C=O) groups excluding carboxylic acids is 2. The molecule has 2 heterocycles. The highest BCUT2D eigenvalue weighted by Crippen LogP contribution is 2.28. The first kappa shape index (κ1) is 15.6. The summed E-state index contributed by atoms with van der Waals surface area (Å²) in [5, 5.41) is 12.2. The summed E-state index contributed by atoms with van der Waals surface area (Å²) in [6.45, 7) is 2.01. The van der Waals surface area contributed by atoms with E-state index in [0.717, 1.165) is 0 Å². The lowest BCUT2D eigenvalue weighted by atomic mass is 10.1. The molecule has 2 saturated heterocycles. The standard InChI is InChI=1S/C12H18N2O7/c1-2-7(15)3-4-10(16)13-8-5-19-12-9(21-14(17)18)6-20-11(8)12/h8-9,11-12H,2-6H2,1H3,(H,13,16)/t8-,9+,11-,12-/m1/s1. The Labute approximate surface area is 121 Å². The number of hydrogen-bond donors (Lipinski definition) is 1. The van der Waals surface area contributed by atoms with Crippen molar-refractivity contribution in [3.63, 3.8) is 0 Å². The van der Waals surface area contributed by atoms with Gasteiger partial charge in [-0.25, -0.2) is 0 Å². The van der Waals surface area contributed by atoms with Crippen LogP contribution in [0.4, 0.5) is 0 Å². The second kappa shape index (κ2) is 6.81. The predicted octanol–water partition coefficient (Wildman–Crippen LogP) is -0.395. The lowest BCUT2D eigenvalue weighted by molar-refractivity contribution is -0.769. The van der Waals surface area contributed by atoms with Crippen molar-refractivity contribution in [2.45, 2.75) is 50.5 Å². The molecule has 9 nitrogen and oxygen atoms in total. The van der Waals surface area contributed by atoms with E-state index < -0.39 is 23.4 Å². The van der Waals surface area contributed by atoms with Crippen LogP contribution in [0.5, 0.6) is 0 Å². The molecule has 2 aliphatic heterocycles. The first-order chi connectivity index (χ1) is 10.0. The molecule has 1 amide bonds. The Morgan fingerprint density at radius 2 is 2.00 bits per heavy atom. The van der Waals surface area contributed by atoms with Crippen LogP contribution < -0.4 is 5.32 Å². The van der Waals surface area contributed by atoms with Crippen molar-refractivity contribution in [2.24, 2.45) is 0 Å². The van der Waals surface area contributed by atoms with Gasteiger partial charge in [0.15, 0.2) is 6.10 Å². The summed E-state index contributed by atoms with van der Waals surface area (Å²) in [6, 6.07) is -0.375. The first-order valence-electron chi connectivity index (χ1n) is 6.86. The van der Waals surface area contributed by atoms with Gasteiger partial charge in [-0.2, -0.15) is 0 Å². The van der Waals surface area contributed by atoms with Gasteiger partial charge in [-0.15, -0.1) is 10.1 Å². The fourth-order valence-electron chi connectivity index (χ4n) is 2.50. The third-order valence-corrected chi connectivity index (χ3v) is 3.60. The fraction of sp³-hybridized carbons (Fsp3) is 0.833. The number of hydrogen-bond acceptors (Lipinski definition) is 7. The van der Waals surface area contributed by atoms with Gasteiger partial charge >= 0.3 is 0 Å². The van der Waals surface area contributed by atoms with E-state index in [9.17, 15) is 19.7 Å². The molecule has 4 atom stereocenters. The third kappa shape index (κ3) is 3.88. The van der Waals surface area contributed by atoms with Crippen LogP contribution in [0.25, 0.3) is 0 Å². The molecule has 21 heavy (non-hydrogen) atoms. The maximum absolute atomic E-state index is 11.8. The van der Waals surface area contributed by atoms with Crippen LogP contribution in [0.15, 0.2) is 0 Å². The van der Waals surface area contributed by atoms with Gasteiger partial charge in [0.1, 0.15) is 18.0 Å². The van der Waals surface area contributed by atoms with Crippen LogP contribution in [0.2, 0.25) is 0 Å². The Kier molecular flexibility index (Phi) is 5.07. The van der Waals surface area contributed by atoms with Crippen LogP contribution in [-0.2, 0) is 23.9 Å². The van der Waals surface area contributed by atoms with E-state index in [1.165, 1.54) is 0 Å². The minimum absolute atomic E-state index is 0.0299. The number of fused-ring (bicyclic) bond motifs is 1. The van der Waals surface area contributed by atoms with E-state index in [1.807, 2.05) is 0 Å². The molecular formula is C12H18N2O7. The zero-order valence-electron chi connectivity index (χ0n) is 11.6. The summed E-state index contributed by atoms with van der Waals surface area (Å²) in [5.41, 5.74) is 0. The lowest BCUT2D eigenvalue weighted by Crippen LogP contribution is -2.44. The van der Waals surface area contributed by atoms with E-state index in [1.54, 1.807) is 6.92 Å². The smallest absolute Gasteiger partial charge is 0.294 e. The monoisotopic (exact) mass is 302 g/mol. The van der Waals surface area contributed by atoms with Gasteiger partial charge in [-0.1, -0.05) is 6.92 Å². The summed E-state index contributed by atoms with van der Waals surface area (Å²) < 4.78 is 10.8. The third-order valence-electron chi connectivity index (χ3n) is 3.60. The van der Waals surface area contributed by atoms with E-state index in [2.05, 4.69) is 10.2 Å². The van der Waals surface area contributed by atoms with Gasteiger partial charge in [0, 0.05) is 19.3 Å². The lowest BCUT2D eigenvalue weighted by Gasteiger charge is -2.17. The number of amides is 1. The highest BCUT2D eigenvalue weighted by molar-refractivity contribution is 5.84. The van der Waals surface area contributed by atoms with Crippen molar-refractivity contribution in [2.75, 3.05) is 13.2 Å². The number of rotatable bonds is 7. The average molecular weight is 302 g/mol. The first-order valence-corrected chi connectivity index (χ1v) is 6.86. The maximum Gasteiger partial charge on any atom is 0.294 e. The Bertz CT molecular complexity index is 428. The zero-order valence-corrected chi connectivity index (χ0v) is 11.6. The quantitative estimate of drug-likeness (QED) is 0.502. The van der Waals surface area contributed by atoms with Crippen molar-refractivity contribution < 1.29 is 29.0 Å². The molecule has 0 aromatic carbocycles. The number of Topliss-reactive ketones (excluding diaryl/α,β-unsaturated/α-hetero) is 1. The van der Waals surface area contributed by atoms with E-state index in [0.29, 0.717) is 6.42 Å². The van der Waals surface area contributed by atoms with Gasteiger partial charge in [0.05, 0.1) is 19.3 Å². The van der Waals surface area contributed by atoms with E-state index in [-0.39, 0.29) is 43.8 Å². The Balaban J connectivity index is 1.80.